The van der Waals surface area contributed by atoms with Crippen LogP contribution >= 0.6 is 0 Å². The molecule has 2 aromatic carbocycles. The summed E-state index contributed by atoms with van der Waals surface area (Å²) in [5.41, 5.74) is 3.15. The van der Waals surface area contributed by atoms with Gasteiger partial charge in [-0.3, -0.25) is 14.9 Å². The van der Waals surface area contributed by atoms with Gasteiger partial charge >= 0.3 is 0 Å². The molecule has 2 unspecified atom stereocenters. The molecule has 2 aliphatic carbocycles. The summed E-state index contributed by atoms with van der Waals surface area (Å²) in [6, 6.07) is 12.8. The second kappa shape index (κ2) is 12.0. The van der Waals surface area contributed by atoms with Crippen molar-refractivity contribution < 1.29 is 19.1 Å². The third-order valence-corrected chi connectivity index (χ3v) is 8.26. The molecule has 212 valence electrons. The minimum Gasteiger partial charge on any atom is -0.454 e. The number of anilines is 1. The van der Waals surface area contributed by atoms with E-state index in [1.807, 2.05) is 35.2 Å². The minimum absolute atomic E-state index is 0.0120. The number of H-pyrrole nitrogens is 1. The number of amides is 2. The maximum atomic E-state index is 13.9. The minimum atomic E-state index is -0.339. The Labute approximate surface area is 238 Å². The number of aromatic nitrogens is 4. The number of carbonyl (C=O) groups excluding carboxylic acids is 2. The molecule has 0 radical (unpaired) electrons. The van der Waals surface area contributed by atoms with E-state index in [1.165, 1.54) is 32.1 Å². The molecule has 3 aliphatic rings. The molecule has 41 heavy (non-hydrogen) atoms. The fraction of sp³-hybridized carbons (Fsp3) is 0.387. The van der Waals surface area contributed by atoms with Gasteiger partial charge in [0.2, 0.25) is 12.7 Å². The van der Waals surface area contributed by atoms with Crippen LogP contribution in [0.1, 0.15) is 60.5 Å². The lowest BCUT2D eigenvalue weighted by atomic mass is 9.73. The Morgan fingerprint density at radius 2 is 1.80 bits per heavy atom. The van der Waals surface area contributed by atoms with Gasteiger partial charge in [0.05, 0.1) is 13.0 Å². The molecule has 10 heteroatoms. The van der Waals surface area contributed by atoms with Crippen LogP contribution in [0.4, 0.5) is 5.95 Å². The highest BCUT2D eigenvalue weighted by Gasteiger charge is 2.29. The molecule has 0 saturated heterocycles. The van der Waals surface area contributed by atoms with Crippen molar-refractivity contribution in [3.8, 4) is 11.5 Å². The second-order valence-corrected chi connectivity index (χ2v) is 11.0. The number of ether oxygens (including phenoxy) is 2. The van der Waals surface area contributed by atoms with E-state index in [0.29, 0.717) is 41.4 Å². The Morgan fingerprint density at radius 1 is 1.02 bits per heavy atom. The Balaban J connectivity index is 1.21. The molecule has 3 aromatic rings. The number of tetrazole rings is 1. The fourth-order valence-corrected chi connectivity index (χ4v) is 6.08. The number of nitrogens with zero attached hydrogens (tertiary/aromatic N) is 4. The van der Waals surface area contributed by atoms with Crippen molar-refractivity contribution in [3.63, 3.8) is 0 Å². The van der Waals surface area contributed by atoms with Crippen LogP contribution in [0, 0.1) is 17.8 Å². The van der Waals surface area contributed by atoms with E-state index in [0.717, 1.165) is 16.8 Å². The number of hydrogen-bond acceptors (Lipinski definition) is 7. The lowest BCUT2D eigenvalue weighted by Crippen LogP contribution is -2.33. The summed E-state index contributed by atoms with van der Waals surface area (Å²) < 4.78 is 11.0. The van der Waals surface area contributed by atoms with E-state index in [4.69, 9.17) is 9.47 Å². The quantitative estimate of drug-likeness (QED) is 0.400. The van der Waals surface area contributed by atoms with Gasteiger partial charge in [-0.1, -0.05) is 61.6 Å². The monoisotopic (exact) mass is 554 g/mol. The number of allylic oxidation sites excluding steroid dienone is 3. The number of rotatable bonds is 8. The van der Waals surface area contributed by atoms with Crippen molar-refractivity contribution >= 4 is 17.8 Å². The third kappa shape index (κ3) is 6.16. The zero-order valence-corrected chi connectivity index (χ0v) is 23.1. The average molecular weight is 555 g/mol. The van der Waals surface area contributed by atoms with E-state index in [2.05, 4.69) is 51.1 Å². The van der Waals surface area contributed by atoms with Gasteiger partial charge in [0.25, 0.3) is 11.9 Å². The Bertz CT molecular complexity index is 1440. The topological polar surface area (TPSA) is 122 Å². The molecule has 2 amide bonds. The number of aromatic amines is 1. The first kappa shape index (κ1) is 26.7. The highest BCUT2D eigenvalue weighted by atomic mass is 16.7. The molecule has 1 fully saturated rings. The van der Waals surface area contributed by atoms with Crippen LogP contribution in [0.15, 0.2) is 66.4 Å². The van der Waals surface area contributed by atoms with Crippen molar-refractivity contribution in [2.24, 2.45) is 17.8 Å². The predicted molar refractivity (Wildman–Crippen MR) is 152 cm³/mol. The summed E-state index contributed by atoms with van der Waals surface area (Å²) in [5.74, 6) is 2.67. The molecule has 0 spiro atoms. The SMILES string of the molecule is CC1C=C(N(Cc2ccc(C(=O)Nc3nn[nH]n3)cc2)C(=O)Cc2ccc3c(c2)OCO3)C=CC1C1CCCCC1. The van der Waals surface area contributed by atoms with Crippen LogP contribution in [0.25, 0.3) is 0 Å². The average Bonchev–Trinajstić information content (AvgIpc) is 3.68. The first-order valence-electron chi connectivity index (χ1n) is 14.3. The summed E-state index contributed by atoms with van der Waals surface area (Å²) in [5, 5.41) is 15.9. The smallest absolute Gasteiger partial charge is 0.270 e. The second-order valence-electron chi connectivity index (χ2n) is 11.0. The van der Waals surface area contributed by atoms with Gasteiger partial charge in [0, 0.05) is 11.3 Å². The molecule has 10 nitrogen and oxygen atoms in total. The predicted octanol–water partition coefficient (Wildman–Crippen LogP) is 5.04. The molecule has 1 aromatic heterocycles. The van der Waals surface area contributed by atoms with E-state index < -0.39 is 0 Å². The van der Waals surface area contributed by atoms with Gasteiger partial charge in [-0.15, -0.1) is 5.10 Å². The van der Waals surface area contributed by atoms with Crippen molar-refractivity contribution in [2.75, 3.05) is 12.1 Å². The Hall–Kier alpha value is -4.47. The number of fused-ring (bicyclic) bond motifs is 1. The van der Waals surface area contributed by atoms with Crippen molar-refractivity contribution in [1.82, 2.24) is 25.5 Å². The van der Waals surface area contributed by atoms with Gasteiger partial charge < -0.3 is 14.4 Å². The number of hydrogen-bond donors (Lipinski definition) is 2. The van der Waals surface area contributed by atoms with Crippen LogP contribution < -0.4 is 14.8 Å². The maximum Gasteiger partial charge on any atom is 0.270 e. The van der Waals surface area contributed by atoms with Crippen molar-refractivity contribution in [2.45, 2.75) is 52.0 Å². The largest absolute Gasteiger partial charge is 0.454 e. The summed E-state index contributed by atoms with van der Waals surface area (Å²) in [6.07, 6.45) is 13.4. The van der Waals surface area contributed by atoms with Crippen molar-refractivity contribution in [1.29, 1.82) is 0 Å². The molecular formula is C31H34N6O4. The summed E-state index contributed by atoms with van der Waals surface area (Å²) in [4.78, 5) is 28.2. The lowest BCUT2D eigenvalue weighted by molar-refractivity contribution is -0.128. The molecule has 2 heterocycles. The van der Waals surface area contributed by atoms with Crippen LogP contribution in [-0.4, -0.2) is 44.1 Å². The van der Waals surface area contributed by atoms with E-state index in [9.17, 15) is 9.59 Å². The van der Waals surface area contributed by atoms with Gasteiger partial charge in [-0.05, 0) is 77.3 Å². The maximum absolute atomic E-state index is 13.9. The molecule has 0 bridgehead atoms. The normalized spacial score (nSPS) is 20.0. The Morgan fingerprint density at radius 3 is 2.56 bits per heavy atom. The van der Waals surface area contributed by atoms with Gasteiger partial charge in [0.1, 0.15) is 0 Å². The first-order chi connectivity index (χ1) is 20.0. The van der Waals surface area contributed by atoms with Gasteiger partial charge in [-0.2, -0.15) is 5.21 Å². The van der Waals surface area contributed by atoms with Crippen LogP contribution in [0.2, 0.25) is 0 Å². The fourth-order valence-electron chi connectivity index (χ4n) is 6.08. The van der Waals surface area contributed by atoms with Gasteiger partial charge in [-0.25, -0.2) is 0 Å². The molecule has 1 saturated carbocycles. The summed E-state index contributed by atoms with van der Waals surface area (Å²) in [6.45, 7) is 2.84. The van der Waals surface area contributed by atoms with E-state index in [-0.39, 0.29) is 31.0 Å². The molecule has 2 N–H and O–H groups in total. The first-order valence-corrected chi connectivity index (χ1v) is 14.3. The zero-order chi connectivity index (χ0) is 28.2. The van der Waals surface area contributed by atoms with Gasteiger partial charge in [0.15, 0.2) is 11.5 Å². The van der Waals surface area contributed by atoms with Crippen molar-refractivity contribution in [3.05, 3.63) is 83.1 Å². The summed E-state index contributed by atoms with van der Waals surface area (Å²) >= 11 is 0. The van der Waals surface area contributed by atoms with E-state index >= 15 is 0 Å². The third-order valence-electron chi connectivity index (χ3n) is 8.26. The highest BCUT2D eigenvalue weighted by molar-refractivity contribution is 6.03. The Kier molecular flexibility index (Phi) is 7.80. The van der Waals surface area contributed by atoms with Crippen LogP contribution in [-0.2, 0) is 17.8 Å². The number of benzene rings is 2. The van der Waals surface area contributed by atoms with E-state index in [1.54, 1.807) is 12.1 Å². The molecule has 2 atom stereocenters. The highest BCUT2D eigenvalue weighted by Crippen LogP contribution is 2.38. The summed E-state index contributed by atoms with van der Waals surface area (Å²) in [7, 11) is 0. The number of nitrogens with one attached hydrogen (secondary N) is 2. The molecular weight excluding hydrogens is 520 g/mol. The molecule has 6 rings (SSSR count). The standard InChI is InChI=1S/C31H34N6O4/c1-20-15-25(12-13-26(20)23-5-3-2-4-6-23)37(29(38)17-22-9-14-27-28(16-22)41-19-40-27)18-21-7-10-24(11-8-21)30(39)32-31-33-35-36-34-31/h7-16,20,23,26H,2-6,17-19H2,1H3,(H2,32,33,34,35,36,39). The van der Waals surface area contributed by atoms with Crippen LogP contribution in [0.3, 0.4) is 0 Å². The molecule has 1 aliphatic heterocycles. The zero-order valence-electron chi connectivity index (χ0n) is 23.1. The van der Waals surface area contributed by atoms with Crippen LogP contribution in [0.5, 0.6) is 11.5 Å². The number of carbonyl (C=O) groups is 2. The lowest BCUT2D eigenvalue weighted by Gasteiger charge is -2.35.